The van der Waals surface area contributed by atoms with E-state index in [2.05, 4.69) is 34.1 Å². The first-order valence-electron chi connectivity index (χ1n) is 9.91. The lowest BCUT2D eigenvalue weighted by Crippen LogP contribution is -2.52. The highest BCUT2D eigenvalue weighted by molar-refractivity contribution is 5.92. The normalized spacial score (nSPS) is 20.0. The van der Waals surface area contributed by atoms with E-state index in [1.165, 1.54) is 30.5 Å². The van der Waals surface area contributed by atoms with Gasteiger partial charge in [0, 0.05) is 37.9 Å². The van der Waals surface area contributed by atoms with Gasteiger partial charge in [-0.15, -0.1) is 0 Å². The minimum Gasteiger partial charge on any atom is -0.491 e. The molecule has 0 unspecified atom stereocenters. The van der Waals surface area contributed by atoms with Crippen molar-refractivity contribution in [3.05, 3.63) is 63.6 Å². The second-order valence-corrected chi connectivity index (χ2v) is 7.82. The summed E-state index contributed by atoms with van der Waals surface area (Å²) >= 11 is 0. The van der Waals surface area contributed by atoms with Crippen LogP contribution in [0.1, 0.15) is 34.5 Å². The van der Waals surface area contributed by atoms with Gasteiger partial charge in [-0.3, -0.25) is 14.5 Å². The smallest absolute Gasteiger partial charge is 0.270 e. The number of rotatable bonds is 4. The molecule has 148 valence electrons. The van der Waals surface area contributed by atoms with E-state index in [9.17, 15) is 9.59 Å². The van der Waals surface area contributed by atoms with Gasteiger partial charge < -0.3 is 14.6 Å². The number of aromatic nitrogens is 1. The highest BCUT2D eigenvalue weighted by atomic mass is 16.5. The van der Waals surface area contributed by atoms with Gasteiger partial charge in [-0.1, -0.05) is 24.3 Å². The van der Waals surface area contributed by atoms with Gasteiger partial charge in [0.2, 0.25) is 5.43 Å². The Morgan fingerprint density at radius 1 is 1.25 bits per heavy atom. The SMILES string of the molecule is COc1c[nH]c(C(=O)N(C)[C@H]2CCCN(C3Cc4ccccc4C3)C2)cc1=O. The van der Waals surface area contributed by atoms with Crippen molar-refractivity contribution in [2.45, 2.75) is 37.8 Å². The van der Waals surface area contributed by atoms with E-state index in [1.807, 2.05) is 7.05 Å². The Labute approximate surface area is 165 Å². The van der Waals surface area contributed by atoms with Crippen molar-refractivity contribution in [2.75, 3.05) is 27.2 Å². The number of likely N-dealkylation sites (tertiary alicyclic amines) is 1. The molecule has 1 aromatic carbocycles. The number of likely N-dealkylation sites (N-methyl/N-ethyl adjacent to an activating group) is 1. The standard InChI is InChI=1S/C22H27N3O3/c1-24(22(27)19-12-20(26)21(28-2)13-23-19)17-8-5-9-25(14-17)18-10-15-6-3-4-7-16(15)11-18/h3-4,6-7,12-13,17-18H,5,8-11,14H2,1-2H3,(H,23,26)/t17-/m0/s1. The van der Waals surface area contributed by atoms with Gasteiger partial charge in [-0.2, -0.15) is 0 Å². The molecule has 1 amide bonds. The average molecular weight is 381 g/mol. The molecule has 28 heavy (non-hydrogen) atoms. The zero-order chi connectivity index (χ0) is 19.7. The summed E-state index contributed by atoms with van der Waals surface area (Å²) in [5, 5.41) is 0. The molecule has 1 N–H and O–H groups in total. The van der Waals surface area contributed by atoms with E-state index in [1.54, 1.807) is 4.90 Å². The number of amides is 1. The number of nitrogens with one attached hydrogen (secondary N) is 1. The summed E-state index contributed by atoms with van der Waals surface area (Å²) in [7, 11) is 3.28. The van der Waals surface area contributed by atoms with Crippen molar-refractivity contribution < 1.29 is 9.53 Å². The van der Waals surface area contributed by atoms with Crippen molar-refractivity contribution >= 4 is 5.91 Å². The number of ether oxygens (including phenoxy) is 1. The molecule has 1 atom stereocenters. The van der Waals surface area contributed by atoms with Gasteiger partial charge in [0.15, 0.2) is 5.75 Å². The van der Waals surface area contributed by atoms with Gasteiger partial charge in [0.1, 0.15) is 5.69 Å². The third-order valence-corrected chi connectivity index (χ3v) is 6.17. The number of aromatic amines is 1. The molecule has 4 rings (SSSR count). The number of pyridine rings is 1. The summed E-state index contributed by atoms with van der Waals surface area (Å²) in [6.07, 6.45) is 5.69. The van der Waals surface area contributed by atoms with Crippen LogP contribution in [0.15, 0.2) is 41.3 Å². The summed E-state index contributed by atoms with van der Waals surface area (Å²) < 4.78 is 4.98. The van der Waals surface area contributed by atoms with Crippen molar-refractivity contribution in [1.82, 2.24) is 14.8 Å². The summed E-state index contributed by atoms with van der Waals surface area (Å²) in [6.45, 7) is 1.96. The largest absolute Gasteiger partial charge is 0.491 e. The number of carbonyl (C=O) groups is 1. The molecular formula is C22H27N3O3. The van der Waals surface area contributed by atoms with E-state index in [-0.39, 0.29) is 23.1 Å². The Balaban J connectivity index is 1.43. The van der Waals surface area contributed by atoms with Crippen molar-refractivity contribution in [3.8, 4) is 5.75 Å². The first-order valence-corrected chi connectivity index (χ1v) is 9.91. The van der Waals surface area contributed by atoms with E-state index < -0.39 is 0 Å². The number of carbonyl (C=O) groups excluding carboxylic acids is 1. The topological polar surface area (TPSA) is 65.6 Å². The molecule has 6 nitrogen and oxygen atoms in total. The molecule has 2 aliphatic rings. The van der Waals surface area contributed by atoms with E-state index in [0.717, 1.165) is 38.8 Å². The monoisotopic (exact) mass is 381 g/mol. The lowest BCUT2D eigenvalue weighted by Gasteiger charge is -2.40. The number of fused-ring (bicyclic) bond motifs is 1. The van der Waals surface area contributed by atoms with Gasteiger partial charge in [-0.25, -0.2) is 0 Å². The number of hydrogen-bond donors (Lipinski definition) is 1. The van der Waals surface area contributed by atoms with Crippen LogP contribution in [0.3, 0.4) is 0 Å². The predicted molar refractivity (Wildman–Crippen MR) is 108 cm³/mol. The number of methoxy groups -OCH3 is 1. The average Bonchev–Trinajstić information content (AvgIpc) is 3.17. The molecule has 1 aromatic heterocycles. The van der Waals surface area contributed by atoms with Crippen LogP contribution in [0, 0.1) is 0 Å². The lowest BCUT2D eigenvalue weighted by atomic mass is 10.0. The zero-order valence-corrected chi connectivity index (χ0v) is 16.5. The van der Waals surface area contributed by atoms with Crippen LogP contribution >= 0.6 is 0 Å². The van der Waals surface area contributed by atoms with Crippen LogP contribution in [-0.4, -0.2) is 60.0 Å². The molecule has 0 radical (unpaired) electrons. The van der Waals surface area contributed by atoms with Gasteiger partial charge in [0.05, 0.1) is 7.11 Å². The second kappa shape index (κ2) is 7.80. The minimum atomic E-state index is -0.285. The molecular weight excluding hydrogens is 354 g/mol. The molecule has 2 heterocycles. The van der Waals surface area contributed by atoms with Crippen molar-refractivity contribution in [1.29, 1.82) is 0 Å². The maximum absolute atomic E-state index is 12.9. The van der Waals surface area contributed by atoms with Crippen molar-refractivity contribution in [3.63, 3.8) is 0 Å². The Bertz CT molecular complexity index is 898. The number of piperidine rings is 1. The Hall–Kier alpha value is -2.60. The molecule has 0 saturated carbocycles. The van der Waals surface area contributed by atoms with Crippen molar-refractivity contribution in [2.24, 2.45) is 0 Å². The number of benzene rings is 1. The fraction of sp³-hybridized carbons (Fsp3) is 0.455. The molecule has 6 heteroatoms. The Morgan fingerprint density at radius 3 is 2.61 bits per heavy atom. The summed E-state index contributed by atoms with van der Waals surface area (Å²) in [5.74, 6) is 0.0603. The third kappa shape index (κ3) is 3.56. The first kappa shape index (κ1) is 18.7. The maximum atomic E-state index is 12.9. The molecule has 1 saturated heterocycles. The predicted octanol–water partition coefficient (Wildman–Crippen LogP) is 2.09. The fourth-order valence-electron chi connectivity index (χ4n) is 4.52. The van der Waals surface area contributed by atoms with Crippen LogP contribution in [0.4, 0.5) is 0 Å². The fourth-order valence-corrected chi connectivity index (χ4v) is 4.52. The number of nitrogens with zero attached hydrogens (tertiary/aromatic N) is 2. The minimum absolute atomic E-state index is 0.149. The summed E-state index contributed by atoms with van der Waals surface area (Å²) in [5.41, 5.74) is 2.93. The Kier molecular flexibility index (Phi) is 5.22. The van der Waals surface area contributed by atoms with E-state index in [4.69, 9.17) is 4.74 Å². The summed E-state index contributed by atoms with van der Waals surface area (Å²) in [4.78, 5) is 32.1. The molecule has 2 aromatic rings. The summed E-state index contributed by atoms with van der Waals surface area (Å²) in [6, 6.07) is 10.7. The number of H-pyrrole nitrogens is 1. The van der Waals surface area contributed by atoms with Crippen LogP contribution in [0.25, 0.3) is 0 Å². The number of hydrogen-bond acceptors (Lipinski definition) is 4. The molecule has 0 spiro atoms. The van der Waals surface area contributed by atoms with Gasteiger partial charge in [0.25, 0.3) is 5.91 Å². The lowest BCUT2D eigenvalue weighted by molar-refractivity contribution is 0.0550. The molecule has 1 aliphatic carbocycles. The highest BCUT2D eigenvalue weighted by Gasteiger charge is 2.33. The Morgan fingerprint density at radius 2 is 1.96 bits per heavy atom. The second-order valence-electron chi connectivity index (χ2n) is 7.82. The van der Waals surface area contributed by atoms with E-state index >= 15 is 0 Å². The van der Waals surface area contributed by atoms with Gasteiger partial charge in [-0.05, 0) is 43.4 Å². The molecule has 1 aliphatic heterocycles. The van der Waals surface area contributed by atoms with Gasteiger partial charge >= 0.3 is 0 Å². The van der Waals surface area contributed by atoms with Crippen LogP contribution in [-0.2, 0) is 12.8 Å². The third-order valence-electron chi connectivity index (χ3n) is 6.17. The molecule has 0 bridgehead atoms. The first-order chi connectivity index (χ1) is 13.6. The van der Waals surface area contributed by atoms with E-state index in [0.29, 0.717) is 11.7 Å². The quantitative estimate of drug-likeness (QED) is 0.881. The van der Waals surface area contributed by atoms with Crippen LogP contribution in [0.5, 0.6) is 5.75 Å². The zero-order valence-electron chi connectivity index (χ0n) is 16.5. The highest BCUT2D eigenvalue weighted by Crippen LogP contribution is 2.28. The van der Waals surface area contributed by atoms with Crippen LogP contribution < -0.4 is 10.2 Å². The maximum Gasteiger partial charge on any atom is 0.270 e. The van der Waals surface area contributed by atoms with Crippen LogP contribution in [0.2, 0.25) is 0 Å². The molecule has 1 fully saturated rings.